The molecule has 1 fully saturated rings. The Balaban J connectivity index is 2.73. The van der Waals surface area contributed by atoms with Crippen molar-refractivity contribution in [3.63, 3.8) is 0 Å². The molecule has 8 heteroatoms. The molecule has 0 spiro atoms. The van der Waals surface area contributed by atoms with Crippen molar-refractivity contribution in [1.82, 2.24) is 4.90 Å². The summed E-state index contributed by atoms with van der Waals surface area (Å²) in [6.07, 6.45) is -0.777. The van der Waals surface area contributed by atoms with Crippen LogP contribution in [-0.4, -0.2) is 59.4 Å². The number of methoxy groups -OCH3 is 1. The topological polar surface area (TPSA) is 76.1 Å². The fourth-order valence-corrected chi connectivity index (χ4v) is 1.68. The second-order valence-corrected chi connectivity index (χ2v) is 5.41. The van der Waals surface area contributed by atoms with Gasteiger partial charge in [0.1, 0.15) is 5.60 Å². The first-order chi connectivity index (χ1) is 8.45. The second-order valence-electron chi connectivity index (χ2n) is 5.41. The van der Waals surface area contributed by atoms with Gasteiger partial charge in [-0.05, 0) is 20.8 Å². The summed E-state index contributed by atoms with van der Waals surface area (Å²) in [6.45, 7) is 3.86. The maximum absolute atomic E-state index is 13.5. The number of halogens is 2. The zero-order chi connectivity index (χ0) is 15.1. The molecule has 19 heavy (non-hydrogen) atoms. The fraction of sp³-hybridized carbons (Fsp3) is 0.818. The number of aliphatic carboxylic acids is 1. The van der Waals surface area contributed by atoms with E-state index < -0.39 is 42.3 Å². The van der Waals surface area contributed by atoms with Crippen LogP contribution in [0, 0.1) is 0 Å². The number of hydrogen-bond donors (Lipinski definition) is 1. The van der Waals surface area contributed by atoms with Crippen LogP contribution < -0.4 is 0 Å². The van der Waals surface area contributed by atoms with Gasteiger partial charge in [-0.1, -0.05) is 0 Å². The lowest BCUT2D eigenvalue weighted by Crippen LogP contribution is -2.74. The van der Waals surface area contributed by atoms with Gasteiger partial charge < -0.3 is 19.5 Å². The molecule has 0 radical (unpaired) electrons. The number of amides is 1. The van der Waals surface area contributed by atoms with Crippen LogP contribution >= 0.6 is 0 Å². The van der Waals surface area contributed by atoms with Gasteiger partial charge in [-0.15, -0.1) is 0 Å². The molecule has 1 saturated heterocycles. The molecule has 0 saturated carbocycles. The normalized spacial score (nSPS) is 18.7. The molecule has 0 aromatic carbocycles. The molecular formula is C11H17F2NO5. The van der Waals surface area contributed by atoms with Crippen molar-refractivity contribution in [3.8, 4) is 0 Å². The number of likely N-dealkylation sites (tertiary alicyclic amines) is 1. The first kappa shape index (κ1) is 15.6. The molecule has 0 aromatic rings. The minimum Gasteiger partial charge on any atom is -0.477 e. The van der Waals surface area contributed by atoms with E-state index in [1.165, 1.54) is 0 Å². The lowest BCUT2D eigenvalue weighted by atomic mass is 9.87. The Hall–Kier alpha value is -1.44. The quantitative estimate of drug-likeness (QED) is 0.845. The second kappa shape index (κ2) is 4.59. The lowest BCUT2D eigenvalue weighted by Gasteiger charge is -2.50. The Bertz CT molecular complexity index is 385. The number of carboxylic acid groups (broad SMARTS) is 1. The smallest absolute Gasteiger partial charge is 0.410 e. The summed E-state index contributed by atoms with van der Waals surface area (Å²) >= 11 is 0. The molecule has 6 nitrogen and oxygen atoms in total. The van der Waals surface area contributed by atoms with Crippen LogP contribution in [0.2, 0.25) is 0 Å². The van der Waals surface area contributed by atoms with Gasteiger partial charge in [-0.25, -0.2) is 9.59 Å². The van der Waals surface area contributed by atoms with E-state index in [-0.39, 0.29) is 0 Å². The van der Waals surface area contributed by atoms with Gasteiger partial charge in [0.2, 0.25) is 0 Å². The highest BCUT2D eigenvalue weighted by molar-refractivity contribution is 5.79. The zero-order valence-electron chi connectivity index (χ0n) is 11.2. The highest BCUT2D eigenvalue weighted by Crippen LogP contribution is 2.40. The van der Waals surface area contributed by atoms with E-state index in [0.29, 0.717) is 0 Å². The van der Waals surface area contributed by atoms with Gasteiger partial charge in [0.15, 0.2) is 5.60 Å². The third-order valence-corrected chi connectivity index (χ3v) is 2.78. The number of rotatable bonds is 3. The SMILES string of the molecule is COC1(C(F)(F)C(=O)O)CN(C(=O)OC(C)(C)C)C1. The molecule has 1 rings (SSSR count). The minimum absolute atomic E-state index is 0.530. The molecule has 1 aliphatic rings. The van der Waals surface area contributed by atoms with Gasteiger partial charge >= 0.3 is 18.0 Å². The third-order valence-electron chi connectivity index (χ3n) is 2.78. The minimum atomic E-state index is -4.07. The Morgan fingerprint density at radius 3 is 2.05 bits per heavy atom. The highest BCUT2D eigenvalue weighted by Gasteiger charge is 2.67. The molecule has 0 atom stereocenters. The molecule has 1 aliphatic heterocycles. The number of nitrogens with zero attached hydrogens (tertiary/aromatic N) is 1. The van der Waals surface area contributed by atoms with E-state index in [2.05, 4.69) is 4.74 Å². The summed E-state index contributed by atoms with van der Waals surface area (Å²) in [5.41, 5.74) is -2.95. The Morgan fingerprint density at radius 1 is 1.26 bits per heavy atom. The summed E-state index contributed by atoms with van der Waals surface area (Å²) in [7, 11) is 0.989. The maximum atomic E-state index is 13.5. The third kappa shape index (κ3) is 2.78. The largest absolute Gasteiger partial charge is 0.477 e. The molecule has 110 valence electrons. The number of carboxylic acids is 1. The number of carbonyl (C=O) groups is 2. The fourth-order valence-electron chi connectivity index (χ4n) is 1.68. The molecule has 0 bridgehead atoms. The molecule has 0 unspecified atom stereocenters. The van der Waals surface area contributed by atoms with Crippen LogP contribution in [0.25, 0.3) is 0 Å². The van der Waals surface area contributed by atoms with Crippen LogP contribution in [0.3, 0.4) is 0 Å². The Morgan fingerprint density at radius 2 is 1.74 bits per heavy atom. The number of alkyl halides is 2. The van der Waals surface area contributed by atoms with E-state index in [1.54, 1.807) is 20.8 Å². The molecule has 0 aliphatic carbocycles. The molecule has 1 N–H and O–H groups in total. The maximum Gasteiger partial charge on any atom is 0.410 e. The average molecular weight is 281 g/mol. The Kier molecular flexibility index (Phi) is 3.77. The van der Waals surface area contributed by atoms with Crippen LogP contribution in [-0.2, 0) is 14.3 Å². The van der Waals surface area contributed by atoms with Crippen molar-refractivity contribution in [2.75, 3.05) is 20.2 Å². The van der Waals surface area contributed by atoms with Crippen LogP contribution in [0.4, 0.5) is 13.6 Å². The summed E-state index contributed by atoms with van der Waals surface area (Å²) in [5, 5.41) is 8.52. The first-order valence-electron chi connectivity index (χ1n) is 5.59. The van der Waals surface area contributed by atoms with Crippen LogP contribution in [0.1, 0.15) is 20.8 Å². The zero-order valence-corrected chi connectivity index (χ0v) is 11.2. The van der Waals surface area contributed by atoms with Crippen molar-refractivity contribution >= 4 is 12.1 Å². The van der Waals surface area contributed by atoms with E-state index in [0.717, 1.165) is 12.0 Å². The van der Waals surface area contributed by atoms with Gasteiger partial charge in [-0.2, -0.15) is 8.78 Å². The van der Waals surface area contributed by atoms with Crippen molar-refractivity contribution in [2.45, 2.75) is 37.9 Å². The monoisotopic (exact) mass is 281 g/mol. The van der Waals surface area contributed by atoms with Crippen LogP contribution in [0.15, 0.2) is 0 Å². The summed E-state index contributed by atoms with van der Waals surface area (Å²) in [6, 6.07) is 0. The first-order valence-corrected chi connectivity index (χ1v) is 5.59. The molecule has 1 heterocycles. The lowest BCUT2D eigenvalue weighted by molar-refractivity contribution is -0.250. The van der Waals surface area contributed by atoms with Crippen molar-refractivity contribution in [1.29, 1.82) is 0 Å². The van der Waals surface area contributed by atoms with E-state index in [4.69, 9.17) is 9.84 Å². The average Bonchev–Trinajstić information content (AvgIpc) is 2.12. The summed E-state index contributed by atoms with van der Waals surface area (Å²) in [5.74, 6) is -6.35. The van der Waals surface area contributed by atoms with Gasteiger partial charge in [0, 0.05) is 7.11 Å². The number of ether oxygens (including phenoxy) is 2. The van der Waals surface area contributed by atoms with E-state index in [1.807, 2.05) is 0 Å². The predicted molar refractivity (Wildman–Crippen MR) is 60.1 cm³/mol. The standard InChI is InChI=1S/C11H17F2NO5/c1-9(2,3)19-8(17)14-5-10(6-14,18-4)11(12,13)7(15)16/h5-6H2,1-4H3,(H,15,16). The molecule has 1 amide bonds. The summed E-state index contributed by atoms with van der Waals surface area (Å²) < 4.78 is 36.7. The Labute approximate surface area is 109 Å². The van der Waals surface area contributed by atoms with Crippen LogP contribution in [0.5, 0.6) is 0 Å². The number of hydrogen-bond acceptors (Lipinski definition) is 4. The van der Waals surface area contributed by atoms with Crippen molar-refractivity contribution < 1.29 is 33.0 Å². The van der Waals surface area contributed by atoms with Gasteiger partial charge in [0.25, 0.3) is 0 Å². The van der Waals surface area contributed by atoms with Gasteiger partial charge in [0.05, 0.1) is 13.1 Å². The van der Waals surface area contributed by atoms with Gasteiger partial charge in [-0.3, -0.25) is 0 Å². The number of carbonyl (C=O) groups excluding carboxylic acids is 1. The molecule has 0 aromatic heterocycles. The molecular weight excluding hydrogens is 264 g/mol. The highest BCUT2D eigenvalue weighted by atomic mass is 19.3. The van der Waals surface area contributed by atoms with Crippen molar-refractivity contribution in [3.05, 3.63) is 0 Å². The van der Waals surface area contributed by atoms with Crippen molar-refractivity contribution in [2.24, 2.45) is 0 Å². The van der Waals surface area contributed by atoms with E-state index in [9.17, 15) is 18.4 Å². The van der Waals surface area contributed by atoms with E-state index >= 15 is 0 Å². The predicted octanol–water partition coefficient (Wildman–Crippen LogP) is 1.34. The summed E-state index contributed by atoms with van der Waals surface area (Å²) in [4.78, 5) is 23.1.